The standard InChI is InChI=1S/C27H30N2O11S/c1-16-10-12-21(13-11-16)41(34,35)29-28-14-22-24(40-27(33)20-8-6-5-7-9-20)26(38-19(4)32)25(37-18(3)31)23(39-22)15-36-17(2)30/h5-14,22-26,29H,15H2,1-4H3/t22-,23+,24-,25+,26+/m0/s1. The summed E-state index contributed by atoms with van der Waals surface area (Å²) in [6, 6.07) is 13.9. The highest BCUT2D eigenvalue weighted by atomic mass is 32.2. The zero-order valence-corrected chi connectivity index (χ0v) is 23.5. The summed E-state index contributed by atoms with van der Waals surface area (Å²) in [5.74, 6) is -3.10. The molecule has 0 radical (unpaired) electrons. The molecule has 1 N–H and O–H groups in total. The van der Waals surface area contributed by atoms with Crippen LogP contribution in [0, 0.1) is 6.92 Å². The number of hydrogen-bond acceptors (Lipinski definition) is 12. The van der Waals surface area contributed by atoms with Crippen LogP contribution >= 0.6 is 0 Å². The smallest absolute Gasteiger partial charge is 0.338 e. The van der Waals surface area contributed by atoms with Crippen LogP contribution in [0.2, 0.25) is 0 Å². The fourth-order valence-electron chi connectivity index (χ4n) is 3.90. The summed E-state index contributed by atoms with van der Waals surface area (Å²) in [6.07, 6.45) is -5.89. The Morgan fingerprint density at radius 2 is 1.46 bits per heavy atom. The average Bonchev–Trinajstić information content (AvgIpc) is 2.90. The van der Waals surface area contributed by atoms with Crippen molar-refractivity contribution < 1.29 is 51.3 Å². The van der Waals surface area contributed by atoms with Crippen molar-refractivity contribution in [2.75, 3.05) is 6.61 Å². The quantitative estimate of drug-likeness (QED) is 0.185. The summed E-state index contributed by atoms with van der Waals surface area (Å²) in [5, 5.41) is 3.79. The minimum Gasteiger partial charge on any atom is -0.463 e. The van der Waals surface area contributed by atoms with Gasteiger partial charge in [-0.1, -0.05) is 35.9 Å². The maximum absolute atomic E-state index is 13.0. The highest BCUT2D eigenvalue weighted by Crippen LogP contribution is 2.29. The molecule has 1 saturated heterocycles. The number of rotatable bonds is 10. The highest BCUT2D eigenvalue weighted by molar-refractivity contribution is 7.89. The van der Waals surface area contributed by atoms with Gasteiger partial charge in [0.05, 0.1) is 16.7 Å². The van der Waals surface area contributed by atoms with E-state index in [4.69, 9.17) is 23.7 Å². The van der Waals surface area contributed by atoms with E-state index in [1.54, 1.807) is 37.3 Å². The van der Waals surface area contributed by atoms with E-state index in [0.717, 1.165) is 32.5 Å². The van der Waals surface area contributed by atoms with Gasteiger partial charge in [-0.2, -0.15) is 13.5 Å². The fraction of sp³-hybridized carbons (Fsp3) is 0.370. The summed E-state index contributed by atoms with van der Waals surface area (Å²) in [4.78, 5) is 50.6. The monoisotopic (exact) mass is 590 g/mol. The molecule has 1 heterocycles. The molecule has 0 unspecified atom stereocenters. The van der Waals surface area contributed by atoms with E-state index in [0.29, 0.717) is 0 Å². The number of carbonyl (C=O) groups excluding carboxylic acids is 4. The van der Waals surface area contributed by atoms with Crippen LogP contribution < -0.4 is 4.83 Å². The lowest BCUT2D eigenvalue weighted by Crippen LogP contribution is -2.62. The molecule has 0 aliphatic carbocycles. The number of aryl methyl sites for hydroxylation is 1. The molecule has 41 heavy (non-hydrogen) atoms. The number of ether oxygens (including phenoxy) is 5. The summed E-state index contributed by atoms with van der Waals surface area (Å²) in [6.45, 7) is 4.71. The molecule has 0 aromatic heterocycles. The Kier molecular flexibility index (Phi) is 10.6. The average molecular weight is 591 g/mol. The van der Waals surface area contributed by atoms with Crippen molar-refractivity contribution >= 4 is 40.1 Å². The largest absolute Gasteiger partial charge is 0.463 e. The third kappa shape index (κ3) is 8.85. The lowest BCUT2D eigenvalue weighted by atomic mass is 9.94. The lowest BCUT2D eigenvalue weighted by Gasteiger charge is -2.43. The Morgan fingerprint density at radius 3 is 2.05 bits per heavy atom. The van der Waals surface area contributed by atoms with Crippen molar-refractivity contribution in [1.29, 1.82) is 0 Å². The number of nitrogens with one attached hydrogen (secondary N) is 1. The molecule has 2 aromatic rings. The molecule has 1 fully saturated rings. The first-order valence-corrected chi connectivity index (χ1v) is 13.9. The van der Waals surface area contributed by atoms with Crippen LogP contribution in [0.25, 0.3) is 0 Å². The molecule has 0 saturated carbocycles. The summed E-state index contributed by atoms with van der Waals surface area (Å²) < 4.78 is 52.9. The Morgan fingerprint density at radius 1 is 0.854 bits per heavy atom. The number of benzene rings is 2. The molecule has 220 valence electrons. The molecule has 0 amide bonds. The molecular weight excluding hydrogens is 560 g/mol. The van der Waals surface area contributed by atoms with Gasteiger partial charge in [-0.25, -0.2) is 9.63 Å². The Balaban J connectivity index is 1.99. The van der Waals surface area contributed by atoms with Crippen LogP contribution in [0.1, 0.15) is 36.7 Å². The minimum absolute atomic E-state index is 0.0580. The van der Waals surface area contributed by atoms with Gasteiger partial charge in [0.1, 0.15) is 18.8 Å². The van der Waals surface area contributed by atoms with E-state index in [1.165, 1.54) is 24.3 Å². The fourth-order valence-corrected chi connectivity index (χ4v) is 4.70. The van der Waals surface area contributed by atoms with E-state index in [1.807, 2.05) is 0 Å². The molecule has 0 spiro atoms. The van der Waals surface area contributed by atoms with Gasteiger partial charge in [-0.05, 0) is 31.2 Å². The number of nitrogens with zero attached hydrogens (tertiary/aromatic N) is 1. The predicted octanol–water partition coefficient (Wildman–Crippen LogP) is 1.68. The van der Waals surface area contributed by atoms with Crippen LogP contribution in [0.15, 0.2) is 64.6 Å². The third-order valence-electron chi connectivity index (χ3n) is 5.70. The molecule has 0 bridgehead atoms. The SMILES string of the molecule is CC(=O)OC[C@H]1O[C@@H](C=NNS(=O)(=O)c2ccc(C)cc2)[C@H](OC(=O)c2ccccc2)[C@@H](OC(C)=O)[C@@H]1OC(C)=O. The predicted molar refractivity (Wildman–Crippen MR) is 142 cm³/mol. The van der Waals surface area contributed by atoms with Gasteiger partial charge in [-0.3, -0.25) is 14.4 Å². The zero-order chi connectivity index (χ0) is 30.2. The Bertz CT molecular complexity index is 1380. The second-order valence-electron chi connectivity index (χ2n) is 9.01. The lowest BCUT2D eigenvalue weighted by molar-refractivity contribution is -0.234. The summed E-state index contributed by atoms with van der Waals surface area (Å²) >= 11 is 0. The van der Waals surface area contributed by atoms with Crippen molar-refractivity contribution in [3.8, 4) is 0 Å². The van der Waals surface area contributed by atoms with Crippen LogP contribution in [0.4, 0.5) is 0 Å². The van der Waals surface area contributed by atoms with E-state index < -0.39 is 71.0 Å². The first-order valence-electron chi connectivity index (χ1n) is 12.4. The summed E-state index contributed by atoms with van der Waals surface area (Å²) in [7, 11) is -4.09. The molecule has 14 heteroatoms. The van der Waals surface area contributed by atoms with Gasteiger partial charge in [0, 0.05) is 20.8 Å². The second kappa shape index (κ2) is 13.9. The van der Waals surface area contributed by atoms with Gasteiger partial charge in [0.15, 0.2) is 18.3 Å². The molecule has 3 rings (SSSR count). The Hall–Kier alpha value is -4.30. The molecule has 1 aliphatic rings. The van der Waals surface area contributed by atoms with Crippen LogP contribution in [0.3, 0.4) is 0 Å². The van der Waals surface area contributed by atoms with Gasteiger partial charge < -0.3 is 23.7 Å². The first-order chi connectivity index (χ1) is 19.4. The molecule has 13 nitrogen and oxygen atoms in total. The van der Waals surface area contributed by atoms with Crippen molar-refractivity contribution in [2.24, 2.45) is 5.10 Å². The van der Waals surface area contributed by atoms with E-state index in [9.17, 15) is 27.6 Å². The number of sulfonamides is 1. The van der Waals surface area contributed by atoms with Crippen LogP contribution in [-0.4, -0.2) is 75.6 Å². The Labute approximate surface area is 236 Å². The molecule has 1 aliphatic heterocycles. The first kappa shape index (κ1) is 31.2. The maximum atomic E-state index is 13.0. The zero-order valence-electron chi connectivity index (χ0n) is 22.7. The number of carbonyl (C=O) groups is 4. The molecule has 5 atom stereocenters. The molecule has 2 aromatic carbocycles. The van der Waals surface area contributed by atoms with Gasteiger partial charge >= 0.3 is 23.9 Å². The van der Waals surface area contributed by atoms with Gasteiger partial charge in [-0.15, -0.1) is 0 Å². The topological polar surface area (TPSA) is 173 Å². The van der Waals surface area contributed by atoms with E-state index >= 15 is 0 Å². The number of hydrazone groups is 1. The third-order valence-corrected chi connectivity index (χ3v) is 6.94. The van der Waals surface area contributed by atoms with Crippen molar-refractivity contribution in [2.45, 2.75) is 63.1 Å². The number of esters is 4. The van der Waals surface area contributed by atoms with Crippen molar-refractivity contribution in [3.63, 3.8) is 0 Å². The molecular formula is C27H30N2O11S. The van der Waals surface area contributed by atoms with Crippen molar-refractivity contribution in [1.82, 2.24) is 4.83 Å². The second-order valence-corrected chi connectivity index (χ2v) is 10.7. The normalized spacial score (nSPS) is 22.4. The maximum Gasteiger partial charge on any atom is 0.338 e. The summed E-state index contributed by atoms with van der Waals surface area (Å²) in [5.41, 5.74) is 1.000. The van der Waals surface area contributed by atoms with Crippen LogP contribution in [-0.2, 0) is 48.1 Å². The van der Waals surface area contributed by atoms with Crippen molar-refractivity contribution in [3.05, 3.63) is 65.7 Å². The highest BCUT2D eigenvalue weighted by Gasteiger charge is 2.52. The minimum atomic E-state index is -4.09. The van der Waals surface area contributed by atoms with Crippen LogP contribution in [0.5, 0.6) is 0 Å². The van der Waals surface area contributed by atoms with E-state index in [2.05, 4.69) is 9.93 Å². The van der Waals surface area contributed by atoms with Gasteiger partial charge in [0.25, 0.3) is 10.0 Å². The van der Waals surface area contributed by atoms with E-state index in [-0.39, 0.29) is 10.5 Å². The van der Waals surface area contributed by atoms with Gasteiger partial charge in [0.2, 0.25) is 0 Å². The number of hydrogen-bond donors (Lipinski definition) is 1.